The molecule has 0 fully saturated rings. The summed E-state index contributed by atoms with van der Waals surface area (Å²) in [4.78, 5) is 4.27. The molecule has 0 saturated carbocycles. The maximum Gasteiger partial charge on any atom is 0.246 e. The predicted octanol–water partition coefficient (Wildman–Crippen LogP) is 1.54. The van der Waals surface area contributed by atoms with Crippen LogP contribution in [0.1, 0.15) is 45.8 Å². The van der Waals surface area contributed by atoms with Crippen molar-refractivity contribution in [2.45, 2.75) is 45.3 Å². The number of aromatic nitrogens is 2. The maximum atomic E-state index is 6.00. The fourth-order valence-corrected chi connectivity index (χ4v) is 0.943. The minimum Gasteiger partial charge on any atom is -0.371 e. The molecule has 1 aromatic heterocycles. The quantitative estimate of drug-likeness (QED) is 0.821. The van der Waals surface area contributed by atoms with Crippen LogP contribution in [0.4, 0.5) is 0 Å². The van der Waals surface area contributed by atoms with Gasteiger partial charge >= 0.3 is 0 Å². The molecule has 5 nitrogen and oxygen atoms in total. The molecule has 86 valence electrons. The molecule has 0 aliphatic rings. The van der Waals surface area contributed by atoms with Gasteiger partial charge in [-0.2, -0.15) is 4.98 Å². The second kappa shape index (κ2) is 3.90. The number of nitrogens with zero attached hydrogens (tertiary/aromatic N) is 2. The van der Waals surface area contributed by atoms with Crippen LogP contribution in [0.3, 0.4) is 0 Å². The van der Waals surface area contributed by atoms with E-state index in [1.54, 1.807) is 7.11 Å². The average Bonchev–Trinajstić information content (AvgIpc) is 2.67. The van der Waals surface area contributed by atoms with Gasteiger partial charge in [0.25, 0.3) is 0 Å². The van der Waals surface area contributed by atoms with Gasteiger partial charge in [0.1, 0.15) is 5.60 Å². The summed E-state index contributed by atoms with van der Waals surface area (Å²) < 4.78 is 10.4. The van der Waals surface area contributed by atoms with Gasteiger partial charge in [0, 0.05) is 7.11 Å². The standard InChI is InChI=1S/C10H19N3O2/c1-6-10(4,11)8-12-7(13-15-8)9(2,3)14-5/h6,11H2,1-5H3. The molecule has 0 saturated heterocycles. The molecule has 0 radical (unpaired) electrons. The third-order valence-electron chi connectivity index (χ3n) is 2.70. The highest BCUT2D eigenvalue weighted by Gasteiger charge is 2.31. The Labute approximate surface area is 90.0 Å². The summed E-state index contributed by atoms with van der Waals surface area (Å²) in [7, 11) is 1.61. The van der Waals surface area contributed by atoms with Crippen molar-refractivity contribution in [2.24, 2.45) is 5.73 Å². The van der Waals surface area contributed by atoms with E-state index in [0.29, 0.717) is 11.7 Å². The molecule has 0 bridgehead atoms. The molecule has 1 atom stereocenters. The zero-order valence-electron chi connectivity index (χ0n) is 10.00. The van der Waals surface area contributed by atoms with Gasteiger partial charge in [-0.1, -0.05) is 12.1 Å². The first-order valence-corrected chi connectivity index (χ1v) is 5.02. The highest BCUT2D eigenvalue weighted by Crippen LogP contribution is 2.24. The van der Waals surface area contributed by atoms with Gasteiger partial charge < -0.3 is 15.0 Å². The van der Waals surface area contributed by atoms with E-state index in [0.717, 1.165) is 6.42 Å². The van der Waals surface area contributed by atoms with Crippen LogP contribution < -0.4 is 5.73 Å². The zero-order valence-corrected chi connectivity index (χ0v) is 10.00. The molecule has 0 aliphatic carbocycles. The van der Waals surface area contributed by atoms with Crippen molar-refractivity contribution < 1.29 is 9.26 Å². The molecule has 15 heavy (non-hydrogen) atoms. The lowest BCUT2D eigenvalue weighted by atomic mass is 10.0. The number of rotatable bonds is 4. The Bertz CT molecular complexity index is 301. The zero-order chi connectivity index (χ0) is 11.7. The summed E-state index contributed by atoms with van der Waals surface area (Å²) in [6, 6.07) is 0. The molecule has 0 aromatic carbocycles. The van der Waals surface area contributed by atoms with Gasteiger partial charge in [-0.05, 0) is 27.2 Å². The molecular weight excluding hydrogens is 194 g/mol. The normalized spacial score (nSPS) is 16.4. The molecule has 0 spiro atoms. The summed E-state index contributed by atoms with van der Waals surface area (Å²) in [5.74, 6) is 0.968. The smallest absolute Gasteiger partial charge is 0.246 e. The largest absolute Gasteiger partial charge is 0.371 e. The lowest BCUT2D eigenvalue weighted by molar-refractivity contribution is 0.00973. The summed E-state index contributed by atoms with van der Waals surface area (Å²) in [5.41, 5.74) is 4.87. The van der Waals surface area contributed by atoms with Crippen molar-refractivity contribution in [3.05, 3.63) is 11.7 Å². The van der Waals surface area contributed by atoms with Gasteiger partial charge in [0.2, 0.25) is 11.7 Å². The van der Waals surface area contributed by atoms with Crippen molar-refractivity contribution in [3.8, 4) is 0 Å². The van der Waals surface area contributed by atoms with E-state index in [9.17, 15) is 0 Å². The number of methoxy groups -OCH3 is 1. The minimum atomic E-state index is -0.574. The molecule has 1 aromatic rings. The summed E-state index contributed by atoms with van der Waals surface area (Å²) >= 11 is 0. The molecule has 2 N–H and O–H groups in total. The predicted molar refractivity (Wildman–Crippen MR) is 56.2 cm³/mol. The van der Waals surface area contributed by atoms with Crippen molar-refractivity contribution in [1.82, 2.24) is 10.1 Å². The second-order valence-corrected chi connectivity index (χ2v) is 4.41. The van der Waals surface area contributed by atoms with Crippen molar-refractivity contribution >= 4 is 0 Å². The number of hydrogen-bond acceptors (Lipinski definition) is 5. The third kappa shape index (κ3) is 2.35. The summed E-state index contributed by atoms with van der Waals surface area (Å²) in [5, 5.41) is 3.88. The van der Waals surface area contributed by atoms with Crippen LogP contribution >= 0.6 is 0 Å². The fourth-order valence-electron chi connectivity index (χ4n) is 0.943. The lowest BCUT2D eigenvalue weighted by Gasteiger charge is -2.18. The first-order valence-electron chi connectivity index (χ1n) is 5.02. The molecule has 1 rings (SSSR count). The van der Waals surface area contributed by atoms with Crippen molar-refractivity contribution in [2.75, 3.05) is 7.11 Å². The van der Waals surface area contributed by atoms with Crippen LogP contribution in [0.2, 0.25) is 0 Å². The van der Waals surface area contributed by atoms with Crippen molar-refractivity contribution in [3.63, 3.8) is 0 Å². The maximum absolute atomic E-state index is 6.00. The Kier molecular flexibility index (Phi) is 3.16. The monoisotopic (exact) mass is 213 g/mol. The Balaban J connectivity index is 3.00. The lowest BCUT2D eigenvalue weighted by Crippen LogP contribution is -2.32. The van der Waals surface area contributed by atoms with Crippen LogP contribution in [0.15, 0.2) is 4.52 Å². The highest BCUT2D eigenvalue weighted by atomic mass is 16.5. The molecule has 1 unspecified atom stereocenters. The molecule has 5 heteroatoms. The highest BCUT2D eigenvalue weighted by molar-refractivity contribution is 5.03. The van der Waals surface area contributed by atoms with Crippen LogP contribution in [0, 0.1) is 0 Å². The molecule has 1 heterocycles. The van der Waals surface area contributed by atoms with Crippen LogP contribution in [-0.4, -0.2) is 17.3 Å². The van der Waals surface area contributed by atoms with E-state index in [1.165, 1.54) is 0 Å². The van der Waals surface area contributed by atoms with E-state index >= 15 is 0 Å². The second-order valence-electron chi connectivity index (χ2n) is 4.41. The Morgan fingerprint density at radius 3 is 2.47 bits per heavy atom. The van der Waals surface area contributed by atoms with Crippen molar-refractivity contribution in [1.29, 1.82) is 0 Å². The Morgan fingerprint density at radius 1 is 1.40 bits per heavy atom. The Hall–Kier alpha value is -0.940. The van der Waals surface area contributed by atoms with Gasteiger partial charge in [-0.3, -0.25) is 0 Å². The summed E-state index contributed by atoms with van der Waals surface area (Å²) in [6.45, 7) is 7.60. The van der Waals surface area contributed by atoms with Gasteiger partial charge in [-0.25, -0.2) is 0 Å². The first kappa shape index (κ1) is 12.1. The molecule has 0 amide bonds. The topological polar surface area (TPSA) is 74.2 Å². The average molecular weight is 213 g/mol. The SMILES string of the molecule is CCC(C)(N)c1nc(C(C)(C)OC)no1. The van der Waals surface area contributed by atoms with E-state index in [-0.39, 0.29) is 0 Å². The minimum absolute atomic E-state index is 0.449. The Morgan fingerprint density at radius 2 is 2.00 bits per heavy atom. The van der Waals surface area contributed by atoms with E-state index in [1.807, 2.05) is 27.7 Å². The number of ether oxygens (including phenoxy) is 1. The third-order valence-corrected chi connectivity index (χ3v) is 2.70. The fraction of sp³-hybridized carbons (Fsp3) is 0.800. The van der Waals surface area contributed by atoms with Gasteiger partial charge in [0.15, 0.2) is 0 Å². The van der Waals surface area contributed by atoms with E-state index in [2.05, 4.69) is 10.1 Å². The van der Waals surface area contributed by atoms with Crippen LogP contribution in [0.25, 0.3) is 0 Å². The van der Waals surface area contributed by atoms with E-state index < -0.39 is 11.1 Å². The summed E-state index contributed by atoms with van der Waals surface area (Å²) in [6.07, 6.45) is 0.738. The molecular formula is C10H19N3O2. The first-order chi connectivity index (χ1) is 6.83. The number of nitrogens with two attached hydrogens (primary N) is 1. The van der Waals surface area contributed by atoms with E-state index in [4.69, 9.17) is 15.0 Å². The van der Waals surface area contributed by atoms with Crippen LogP contribution in [0.5, 0.6) is 0 Å². The van der Waals surface area contributed by atoms with Gasteiger partial charge in [-0.15, -0.1) is 0 Å². The van der Waals surface area contributed by atoms with Crippen LogP contribution in [-0.2, 0) is 15.9 Å². The molecule has 0 aliphatic heterocycles. The van der Waals surface area contributed by atoms with Gasteiger partial charge in [0.05, 0.1) is 5.54 Å². The number of hydrogen-bond donors (Lipinski definition) is 1.